The maximum absolute atomic E-state index is 6.32. The zero-order valence-electron chi connectivity index (χ0n) is 12.9. The van der Waals surface area contributed by atoms with Gasteiger partial charge in [0, 0.05) is 43.5 Å². The van der Waals surface area contributed by atoms with Crippen LogP contribution in [0.15, 0.2) is 18.3 Å². The molecule has 4 heteroatoms. The van der Waals surface area contributed by atoms with E-state index in [1.54, 1.807) is 0 Å². The van der Waals surface area contributed by atoms with Crippen molar-refractivity contribution >= 4 is 0 Å². The minimum atomic E-state index is 0.0107. The molecule has 20 heavy (non-hydrogen) atoms. The number of nitrogens with zero attached hydrogens (tertiary/aromatic N) is 2. The third-order valence-electron chi connectivity index (χ3n) is 4.07. The first kappa shape index (κ1) is 15.4. The number of pyridine rings is 1. The third kappa shape index (κ3) is 4.01. The average Bonchev–Trinajstić information content (AvgIpc) is 2.48. The number of hydrogen-bond acceptors (Lipinski definition) is 4. The summed E-state index contributed by atoms with van der Waals surface area (Å²) in [7, 11) is 0. The highest BCUT2D eigenvalue weighted by atomic mass is 16.5. The van der Waals surface area contributed by atoms with Gasteiger partial charge < -0.3 is 10.5 Å². The molecular formula is C16H27N3O. The maximum atomic E-state index is 6.32. The first-order valence-electron chi connectivity index (χ1n) is 7.65. The molecule has 0 saturated carbocycles. The Kier molecular flexibility index (Phi) is 5.52. The highest BCUT2D eigenvalue weighted by molar-refractivity contribution is 5.15. The van der Waals surface area contributed by atoms with E-state index in [0.29, 0.717) is 6.04 Å². The summed E-state index contributed by atoms with van der Waals surface area (Å²) in [6.07, 6.45) is 3.86. The van der Waals surface area contributed by atoms with Crippen LogP contribution in [0, 0.1) is 0 Å². The van der Waals surface area contributed by atoms with Gasteiger partial charge in [-0.15, -0.1) is 0 Å². The summed E-state index contributed by atoms with van der Waals surface area (Å²) in [5, 5.41) is 0. The quantitative estimate of drug-likeness (QED) is 0.888. The Morgan fingerprint density at radius 3 is 2.85 bits per heavy atom. The first-order chi connectivity index (χ1) is 9.60. The second kappa shape index (κ2) is 7.16. The van der Waals surface area contributed by atoms with Crippen molar-refractivity contribution in [1.29, 1.82) is 0 Å². The van der Waals surface area contributed by atoms with Crippen LogP contribution < -0.4 is 5.73 Å². The van der Waals surface area contributed by atoms with Crippen LogP contribution in [0.2, 0.25) is 0 Å². The molecule has 0 radical (unpaired) electrons. The lowest BCUT2D eigenvalue weighted by Crippen LogP contribution is -2.53. The molecule has 0 aromatic carbocycles. The zero-order chi connectivity index (χ0) is 14.5. The lowest BCUT2D eigenvalue weighted by atomic mass is 10.0. The number of rotatable bonds is 5. The molecular weight excluding hydrogens is 250 g/mol. The summed E-state index contributed by atoms with van der Waals surface area (Å²) in [6, 6.07) is 4.78. The molecule has 1 aromatic heterocycles. The second-order valence-corrected chi connectivity index (χ2v) is 5.88. The van der Waals surface area contributed by atoms with Gasteiger partial charge in [0.15, 0.2) is 0 Å². The van der Waals surface area contributed by atoms with Crippen molar-refractivity contribution < 1.29 is 4.74 Å². The molecule has 0 bridgehead atoms. The standard InChI is InChI=1S/C16H27N3O/c1-4-13-5-6-14(18-10-13)9-15(17)16-11-19(12(2)3)7-8-20-16/h5-6,10,12,15-16H,4,7-9,11,17H2,1-3H3. The molecule has 2 heterocycles. The molecule has 1 saturated heterocycles. The van der Waals surface area contributed by atoms with Gasteiger partial charge in [0.05, 0.1) is 12.7 Å². The van der Waals surface area contributed by atoms with Gasteiger partial charge in [-0.1, -0.05) is 13.0 Å². The fourth-order valence-electron chi connectivity index (χ4n) is 2.58. The third-order valence-corrected chi connectivity index (χ3v) is 4.07. The van der Waals surface area contributed by atoms with Gasteiger partial charge in [-0.25, -0.2) is 0 Å². The predicted octanol–water partition coefficient (Wildman–Crippen LogP) is 1.62. The highest BCUT2D eigenvalue weighted by Crippen LogP contribution is 2.13. The lowest BCUT2D eigenvalue weighted by Gasteiger charge is -2.37. The number of aromatic nitrogens is 1. The van der Waals surface area contributed by atoms with E-state index < -0.39 is 0 Å². The van der Waals surface area contributed by atoms with Gasteiger partial charge in [-0.3, -0.25) is 9.88 Å². The maximum Gasteiger partial charge on any atom is 0.0857 e. The van der Waals surface area contributed by atoms with Crippen LogP contribution in [0.1, 0.15) is 32.0 Å². The van der Waals surface area contributed by atoms with Gasteiger partial charge in [0.2, 0.25) is 0 Å². The van der Waals surface area contributed by atoms with Gasteiger partial charge in [0.1, 0.15) is 0 Å². The molecule has 1 aromatic rings. The zero-order valence-corrected chi connectivity index (χ0v) is 12.9. The fraction of sp³-hybridized carbons (Fsp3) is 0.688. The van der Waals surface area contributed by atoms with Gasteiger partial charge >= 0.3 is 0 Å². The van der Waals surface area contributed by atoms with Crippen molar-refractivity contribution in [3.8, 4) is 0 Å². The number of morpholine rings is 1. The molecule has 1 aliphatic heterocycles. The Morgan fingerprint density at radius 1 is 1.45 bits per heavy atom. The van der Waals surface area contributed by atoms with Crippen LogP contribution in [0.25, 0.3) is 0 Å². The molecule has 2 atom stereocenters. The molecule has 0 amide bonds. The SMILES string of the molecule is CCc1ccc(CC(N)C2CN(C(C)C)CCO2)nc1. The first-order valence-corrected chi connectivity index (χ1v) is 7.65. The number of hydrogen-bond donors (Lipinski definition) is 1. The highest BCUT2D eigenvalue weighted by Gasteiger charge is 2.27. The summed E-state index contributed by atoms with van der Waals surface area (Å²) >= 11 is 0. The van der Waals surface area contributed by atoms with E-state index in [1.165, 1.54) is 5.56 Å². The number of ether oxygens (including phenoxy) is 1. The van der Waals surface area contributed by atoms with Crippen LogP contribution in [-0.2, 0) is 17.6 Å². The van der Waals surface area contributed by atoms with Crippen LogP contribution in [0.3, 0.4) is 0 Å². The lowest BCUT2D eigenvalue weighted by molar-refractivity contribution is -0.0496. The minimum absolute atomic E-state index is 0.0107. The Morgan fingerprint density at radius 2 is 2.25 bits per heavy atom. The van der Waals surface area contributed by atoms with Gasteiger partial charge in [-0.2, -0.15) is 0 Å². The molecule has 2 unspecified atom stereocenters. The summed E-state index contributed by atoms with van der Waals surface area (Å²) in [5.41, 5.74) is 8.64. The van der Waals surface area contributed by atoms with Crippen molar-refractivity contribution in [2.75, 3.05) is 19.7 Å². The fourth-order valence-corrected chi connectivity index (χ4v) is 2.58. The molecule has 0 aliphatic carbocycles. The van der Waals surface area contributed by atoms with Crippen molar-refractivity contribution in [2.45, 2.75) is 51.8 Å². The smallest absolute Gasteiger partial charge is 0.0857 e. The summed E-state index contributed by atoms with van der Waals surface area (Å²) < 4.78 is 5.84. The van der Waals surface area contributed by atoms with Crippen molar-refractivity contribution in [3.05, 3.63) is 29.6 Å². The Bertz CT molecular complexity index is 405. The van der Waals surface area contributed by atoms with Crippen molar-refractivity contribution in [1.82, 2.24) is 9.88 Å². The van der Waals surface area contributed by atoms with Crippen LogP contribution in [0.4, 0.5) is 0 Å². The van der Waals surface area contributed by atoms with Crippen molar-refractivity contribution in [2.24, 2.45) is 5.73 Å². The molecule has 1 aliphatic rings. The topological polar surface area (TPSA) is 51.4 Å². The Hall–Kier alpha value is -0.970. The minimum Gasteiger partial charge on any atom is -0.374 e. The molecule has 112 valence electrons. The molecule has 0 spiro atoms. The summed E-state index contributed by atoms with van der Waals surface area (Å²) in [4.78, 5) is 6.92. The van der Waals surface area contributed by atoms with E-state index >= 15 is 0 Å². The summed E-state index contributed by atoms with van der Waals surface area (Å²) in [5.74, 6) is 0. The largest absolute Gasteiger partial charge is 0.374 e. The Balaban J connectivity index is 1.91. The van der Waals surface area contributed by atoms with Gasteiger partial charge in [0.25, 0.3) is 0 Å². The normalized spacial score (nSPS) is 22.1. The number of aryl methyl sites for hydroxylation is 1. The van der Waals surface area contributed by atoms with Crippen molar-refractivity contribution in [3.63, 3.8) is 0 Å². The molecule has 2 N–H and O–H groups in total. The monoisotopic (exact) mass is 277 g/mol. The van der Waals surface area contributed by atoms with E-state index in [-0.39, 0.29) is 12.1 Å². The molecule has 4 nitrogen and oxygen atoms in total. The molecule has 1 fully saturated rings. The summed E-state index contributed by atoms with van der Waals surface area (Å²) in [6.45, 7) is 9.28. The van der Waals surface area contributed by atoms with E-state index in [0.717, 1.165) is 38.2 Å². The van der Waals surface area contributed by atoms with Crippen LogP contribution >= 0.6 is 0 Å². The average molecular weight is 277 g/mol. The molecule has 2 rings (SSSR count). The van der Waals surface area contributed by atoms with E-state index in [1.807, 2.05) is 6.20 Å². The number of nitrogens with two attached hydrogens (primary N) is 1. The van der Waals surface area contributed by atoms with E-state index in [4.69, 9.17) is 10.5 Å². The van der Waals surface area contributed by atoms with E-state index in [2.05, 4.69) is 42.8 Å². The van der Waals surface area contributed by atoms with Crippen LogP contribution in [0.5, 0.6) is 0 Å². The predicted molar refractivity (Wildman–Crippen MR) is 81.7 cm³/mol. The van der Waals surface area contributed by atoms with E-state index in [9.17, 15) is 0 Å². The van der Waals surface area contributed by atoms with Crippen LogP contribution in [-0.4, -0.2) is 47.8 Å². The Labute approximate surface area is 122 Å². The van der Waals surface area contributed by atoms with Gasteiger partial charge in [-0.05, 0) is 31.9 Å². The second-order valence-electron chi connectivity index (χ2n) is 5.88.